The lowest BCUT2D eigenvalue weighted by molar-refractivity contribution is -0.145. The first-order valence-corrected chi connectivity index (χ1v) is 8.45. The minimum Gasteiger partial charge on any atom is -0.482 e. The molecule has 2 rings (SSSR count). The molecule has 0 amide bonds. The van der Waals surface area contributed by atoms with Crippen LogP contribution in [-0.4, -0.2) is 43.5 Å². The lowest BCUT2D eigenvalue weighted by Crippen LogP contribution is -2.35. The Morgan fingerprint density at radius 3 is 2.96 bits per heavy atom. The van der Waals surface area contributed by atoms with E-state index in [4.69, 9.17) is 14.6 Å². The molecule has 0 bridgehead atoms. The molecule has 2 atom stereocenters. The number of ether oxygens (including phenoxy) is 2. The summed E-state index contributed by atoms with van der Waals surface area (Å²) in [4.78, 5) is 11.4. The van der Waals surface area contributed by atoms with E-state index >= 15 is 0 Å². The zero-order valence-corrected chi connectivity index (χ0v) is 15.0. The number of hydrogen-bond donors (Lipinski definition) is 2. The molecule has 0 heterocycles. The molecule has 0 radical (unpaired) electrons. The van der Waals surface area contributed by atoms with Crippen LogP contribution in [0.25, 0.3) is 0 Å². The first-order chi connectivity index (χ1) is 11.2. The van der Waals surface area contributed by atoms with Crippen LogP contribution in [0.3, 0.4) is 0 Å². The predicted octanol–water partition coefficient (Wildman–Crippen LogP) is 2.66. The number of hydrogen-bond acceptors (Lipinski definition) is 5. The van der Waals surface area contributed by atoms with Crippen molar-refractivity contribution in [2.45, 2.75) is 44.6 Å². The van der Waals surface area contributed by atoms with Crippen LogP contribution < -0.4 is 10.1 Å². The number of carbonyl (C=O) groups is 1. The number of esters is 1. The summed E-state index contributed by atoms with van der Waals surface area (Å²) in [5.41, 5.74) is 1.25. The van der Waals surface area contributed by atoms with Gasteiger partial charge in [0, 0.05) is 12.6 Å². The molecule has 0 aromatic heterocycles. The van der Waals surface area contributed by atoms with E-state index in [0.29, 0.717) is 30.9 Å². The second-order valence-electron chi connectivity index (χ2n) is 5.90. The standard InChI is InChI=1S/C18H27NO4.ClH/c1-2-22-18(21)13-23-17-8-4-6-15(12-17)14-5-3-7-16(11-14)19-9-10-20;/h4,6,8,12,14,16,19-20H,2-3,5,7,9-11,13H2,1H3;1H. The van der Waals surface area contributed by atoms with E-state index in [1.165, 1.54) is 18.4 Å². The minimum absolute atomic E-state index is 0. The number of rotatable bonds is 8. The van der Waals surface area contributed by atoms with Gasteiger partial charge < -0.3 is 19.9 Å². The summed E-state index contributed by atoms with van der Waals surface area (Å²) in [6.45, 7) is 2.93. The third-order valence-electron chi connectivity index (χ3n) is 4.21. The van der Waals surface area contributed by atoms with Gasteiger partial charge in [-0.2, -0.15) is 0 Å². The van der Waals surface area contributed by atoms with E-state index in [1.54, 1.807) is 6.92 Å². The molecule has 136 valence electrons. The average Bonchev–Trinajstić information content (AvgIpc) is 2.59. The smallest absolute Gasteiger partial charge is 0.344 e. The largest absolute Gasteiger partial charge is 0.482 e. The van der Waals surface area contributed by atoms with Gasteiger partial charge in [-0.1, -0.05) is 18.6 Å². The van der Waals surface area contributed by atoms with Crippen LogP contribution in [0.1, 0.15) is 44.1 Å². The molecule has 1 fully saturated rings. The third-order valence-corrected chi connectivity index (χ3v) is 4.21. The summed E-state index contributed by atoms with van der Waals surface area (Å²) in [7, 11) is 0. The highest BCUT2D eigenvalue weighted by Gasteiger charge is 2.23. The quantitative estimate of drug-likeness (QED) is 0.700. The molecule has 24 heavy (non-hydrogen) atoms. The van der Waals surface area contributed by atoms with Crippen LogP contribution in [0.5, 0.6) is 5.75 Å². The number of aliphatic hydroxyl groups excluding tert-OH is 1. The SMILES string of the molecule is CCOC(=O)COc1cccc(C2CCCC(NCCO)C2)c1.Cl. The van der Waals surface area contributed by atoms with Gasteiger partial charge in [0.1, 0.15) is 5.75 Å². The number of carbonyl (C=O) groups excluding carboxylic acids is 1. The van der Waals surface area contributed by atoms with Gasteiger partial charge in [-0.05, 0) is 49.8 Å². The molecule has 0 spiro atoms. The van der Waals surface area contributed by atoms with Crippen LogP contribution >= 0.6 is 12.4 Å². The lowest BCUT2D eigenvalue weighted by Gasteiger charge is -2.30. The fraction of sp³-hybridized carbons (Fsp3) is 0.611. The van der Waals surface area contributed by atoms with Crippen molar-refractivity contribution in [2.75, 3.05) is 26.4 Å². The molecular formula is C18H28ClNO4. The van der Waals surface area contributed by atoms with Gasteiger partial charge in [-0.15, -0.1) is 12.4 Å². The van der Waals surface area contributed by atoms with E-state index in [9.17, 15) is 4.79 Å². The van der Waals surface area contributed by atoms with Crippen molar-refractivity contribution in [3.05, 3.63) is 29.8 Å². The normalized spacial score (nSPS) is 20.1. The molecule has 1 aromatic carbocycles. The van der Waals surface area contributed by atoms with Gasteiger partial charge in [0.05, 0.1) is 13.2 Å². The monoisotopic (exact) mass is 357 g/mol. The van der Waals surface area contributed by atoms with Crippen molar-refractivity contribution in [1.82, 2.24) is 5.32 Å². The van der Waals surface area contributed by atoms with Gasteiger partial charge in [-0.3, -0.25) is 0 Å². The minimum atomic E-state index is -0.344. The van der Waals surface area contributed by atoms with Crippen molar-refractivity contribution in [2.24, 2.45) is 0 Å². The number of halogens is 1. The lowest BCUT2D eigenvalue weighted by atomic mass is 9.81. The Morgan fingerprint density at radius 2 is 2.21 bits per heavy atom. The Hall–Kier alpha value is -1.30. The van der Waals surface area contributed by atoms with E-state index in [2.05, 4.69) is 11.4 Å². The zero-order valence-electron chi connectivity index (χ0n) is 14.2. The molecule has 5 nitrogen and oxygen atoms in total. The molecule has 1 aliphatic rings. The third kappa shape index (κ3) is 6.67. The highest BCUT2D eigenvalue weighted by atomic mass is 35.5. The van der Waals surface area contributed by atoms with Gasteiger partial charge in [0.15, 0.2) is 6.61 Å². The summed E-state index contributed by atoms with van der Waals surface area (Å²) in [5, 5.41) is 12.3. The fourth-order valence-electron chi connectivity index (χ4n) is 3.15. The second kappa shape index (κ2) is 11.3. The maximum Gasteiger partial charge on any atom is 0.344 e. The van der Waals surface area contributed by atoms with Gasteiger partial charge in [0.2, 0.25) is 0 Å². The van der Waals surface area contributed by atoms with Crippen molar-refractivity contribution in [1.29, 1.82) is 0 Å². The Morgan fingerprint density at radius 1 is 1.38 bits per heavy atom. The van der Waals surface area contributed by atoms with Crippen molar-refractivity contribution in [3.8, 4) is 5.75 Å². The van der Waals surface area contributed by atoms with E-state index in [0.717, 1.165) is 12.8 Å². The van der Waals surface area contributed by atoms with Gasteiger partial charge >= 0.3 is 5.97 Å². The number of nitrogens with one attached hydrogen (secondary N) is 1. The van der Waals surface area contributed by atoms with Gasteiger partial charge in [0.25, 0.3) is 0 Å². The Labute approximate surface area is 150 Å². The number of aliphatic hydroxyl groups is 1. The molecule has 2 N–H and O–H groups in total. The summed E-state index contributed by atoms with van der Waals surface area (Å²) < 4.78 is 10.4. The molecule has 6 heteroatoms. The molecule has 1 aromatic rings. The first kappa shape index (κ1) is 20.7. The maximum atomic E-state index is 11.4. The van der Waals surface area contributed by atoms with Crippen LogP contribution in [0.2, 0.25) is 0 Å². The Bertz CT molecular complexity index is 498. The van der Waals surface area contributed by atoms with Crippen LogP contribution in [0, 0.1) is 0 Å². The van der Waals surface area contributed by atoms with Crippen LogP contribution in [0.15, 0.2) is 24.3 Å². The zero-order chi connectivity index (χ0) is 16.5. The summed E-state index contributed by atoms with van der Waals surface area (Å²) in [5.74, 6) is 0.857. The fourth-order valence-corrected chi connectivity index (χ4v) is 3.15. The summed E-state index contributed by atoms with van der Waals surface area (Å²) in [6.07, 6.45) is 4.58. The average molecular weight is 358 g/mol. The summed E-state index contributed by atoms with van der Waals surface area (Å²) in [6, 6.07) is 8.45. The predicted molar refractivity (Wildman–Crippen MR) is 95.9 cm³/mol. The van der Waals surface area contributed by atoms with E-state index in [-0.39, 0.29) is 31.6 Å². The molecule has 1 saturated carbocycles. The van der Waals surface area contributed by atoms with Crippen molar-refractivity contribution < 1.29 is 19.4 Å². The maximum absolute atomic E-state index is 11.4. The second-order valence-corrected chi connectivity index (χ2v) is 5.90. The van der Waals surface area contributed by atoms with Crippen LogP contribution in [-0.2, 0) is 9.53 Å². The number of benzene rings is 1. The van der Waals surface area contributed by atoms with Crippen molar-refractivity contribution in [3.63, 3.8) is 0 Å². The first-order valence-electron chi connectivity index (χ1n) is 8.45. The van der Waals surface area contributed by atoms with E-state index in [1.807, 2.05) is 18.2 Å². The molecule has 2 unspecified atom stereocenters. The Balaban J connectivity index is 0.00000288. The highest BCUT2D eigenvalue weighted by molar-refractivity contribution is 5.85. The Kier molecular flexibility index (Phi) is 9.76. The molecular weight excluding hydrogens is 330 g/mol. The molecule has 0 aliphatic heterocycles. The van der Waals surface area contributed by atoms with E-state index < -0.39 is 0 Å². The molecule has 1 aliphatic carbocycles. The van der Waals surface area contributed by atoms with Crippen LogP contribution in [0.4, 0.5) is 0 Å². The highest BCUT2D eigenvalue weighted by Crippen LogP contribution is 2.34. The summed E-state index contributed by atoms with van der Waals surface area (Å²) >= 11 is 0. The van der Waals surface area contributed by atoms with Gasteiger partial charge in [-0.25, -0.2) is 4.79 Å². The molecule has 0 saturated heterocycles. The topological polar surface area (TPSA) is 67.8 Å². The van der Waals surface area contributed by atoms with Crippen molar-refractivity contribution >= 4 is 18.4 Å².